The Morgan fingerprint density at radius 2 is 1.81 bits per heavy atom. The van der Waals surface area contributed by atoms with Crippen molar-refractivity contribution >= 4 is 11.7 Å². The molecule has 1 fully saturated rings. The van der Waals surface area contributed by atoms with Gasteiger partial charge in [0.05, 0.1) is 0 Å². The van der Waals surface area contributed by atoms with Gasteiger partial charge in [-0.15, -0.1) is 0 Å². The third kappa shape index (κ3) is 4.11. The van der Waals surface area contributed by atoms with Crippen molar-refractivity contribution < 1.29 is 10.0 Å². The van der Waals surface area contributed by atoms with Crippen LogP contribution < -0.4 is 11.1 Å². The highest BCUT2D eigenvalue weighted by atomic mass is 16.4. The third-order valence-electron chi connectivity index (χ3n) is 4.87. The van der Waals surface area contributed by atoms with Crippen LogP contribution in [0, 0.1) is 10.8 Å². The predicted octanol–water partition coefficient (Wildman–Crippen LogP) is 3.02. The molecular formula is C16H31N3O2. The summed E-state index contributed by atoms with van der Waals surface area (Å²) < 4.78 is 0. The van der Waals surface area contributed by atoms with Gasteiger partial charge in [-0.2, -0.15) is 0 Å². The van der Waals surface area contributed by atoms with Crippen LogP contribution in [-0.2, 0) is 4.79 Å². The number of nitrogens with two attached hydrogens (primary N) is 1. The molecule has 0 aromatic heterocycles. The van der Waals surface area contributed by atoms with Crippen LogP contribution in [0.25, 0.3) is 0 Å². The van der Waals surface area contributed by atoms with E-state index in [0.717, 1.165) is 25.7 Å². The van der Waals surface area contributed by atoms with Crippen molar-refractivity contribution in [3.8, 4) is 0 Å². The van der Waals surface area contributed by atoms with Gasteiger partial charge >= 0.3 is 0 Å². The van der Waals surface area contributed by atoms with E-state index in [-0.39, 0.29) is 17.2 Å². The zero-order chi connectivity index (χ0) is 15.9. The molecule has 0 aromatic rings. The predicted molar refractivity (Wildman–Crippen MR) is 85.2 cm³/mol. The monoisotopic (exact) mass is 297 g/mol. The first-order chi connectivity index (χ1) is 9.94. The van der Waals surface area contributed by atoms with Crippen LogP contribution in [0.3, 0.4) is 0 Å². The highest BCUT2D eigenvalue weighted by Crippen LogP contribution is 2.37. The Bertz CT molecular complexity index is 368. The van der Waals surface area contributed by atoms with Crippen molar-refractivity contribution in [3.05, 3.63) is 0 Å². The van der Waals surface area contributed by atoms with Gasteiger partial charge in [-0.1, -0.05) is 51.6 Å². The fourth-order valence-corrected chi connectivity index (χ4v) is 3.54. The second kappa shape index (κ2) is 7.66. The first kappa shape index (κ1) is 17.8. The average molecular weight is 297 g/mol. The van der Waals surface area contributed by atoms with Gasteiger partial charge in [0.2, 0.25) is 5.91 Å². The maximum atomic E-state index is 12.8. The molecule has 1 amide bonds. The van der Waals surface area contributed by atoms with E-state index in [1.165, 1.54) is 12.8 Å². The Balaban J connectivity index is 2.83. The molecule has 4 N–H and O–H groups in total. The fraction of sp³-hybridized carbons (Fsp3) is 0.875. The molecule has 0 heterocycles. The van der Waals surface area contributed by atoms with E-state index in [0.29, 0.717) is 19.4 Å². The highest BCUT2D eigenvalue weighted by molar-refractivity contribution is 6.06. The minimum absolute atomic E-state index is 0.0419. The minimum atomic E-state index is -0.868. The van der Waals surface area contributed by atoms with Crippen LogP contribution in [0.5, 0.6) is 0 Å². The SMILES string of the molecule is CCCC(CCC)(C(=O)NCC1(C)CCCC1)C(N)=NO. The van der Waals surface area contributed by atoms with Gasteiger partial charge in [-0.3, -0.25) is 4.79 Å². The lowest BCUT2D eigenvalue weighted by atomic mass is 9.76. The van der Waals surface area contributed by atoms with Gasteiger partial charge in [0.15, 0.2) is 5.84 Å². The van der Waals surface area contributed by atoms with Gasteiger partial charge in [0.1, 0.15) is 5.41 Å². The first-order valence-electron chi connectivity index (χ1n) is 8.20. The number of hydrogen-bond acceptors (Lipinski definition) is 3. The number of nitrogens with zero attached hydrogens (tertiary/aromatic N) is 1. The zero-order valence-electron chi connectivity index (χ0n) is 13.7. The number of oxime groups is 1. The number of rotatable bonds is 8. The highest BCUT2D eigenvalue weighted by Gasteiger charge is 2.42. The molecule has 0 bridgehead atoms. The van der Waals surface area contributed by atoms with Crippen LogP contribution in [0.2, 0.25) is 0 Å². The summed E-state index contributed by atoms with van der Waals surface area (Å²) in [6.45, 7) is 6.94. The molecule has 0 aromatic carbocycles. The van der Waals surface area contributed by atoms with Gasteiger partial charge in [0.25, 0.3) is 0 Å². The normalized spacial score (nSPS) is 18.7. The first-order valence-corrected chi connectivity index (χ1v) is 8.20. The van der Waals surface area contributed by atoms with Crippen LogP contribution in [-0.4, -0.2) is 23.5 Å². The molecule has 0 unspecified atom stereocenters. The molecule has 0 radical (unpaired) electrons. The lowest BCUT2D eigenvalue weighted by Crippen LogP contribution is -2.51. The molecule has 5 heteroatoms. The molecule has 122 valence electrons. The third-order valence-corrected chi connectivity index (χ3v) is 4.87. The Hall–Kier alpha value is -1.26. The van der Waals surface area contributed by atoms with E-state index in [2.05, 4.69) is 17.4 Å². The molecule has 0 atom stereocenters. The molecule has 21 heavy (non-hydrogen) atoms. The Morgan fingerprint density at radius 1 is 1.29 bits per heavy atom. The summed E-state index contributed by atoms with van der Waals surface area (Å²) in [4.78, 5) is 12.8. The maximum absolute atomic E-state index is 12.8. The van der Waals surface area contributed by atoms with Crippen LogP contribution in [0.4, 0.5) is 0 Å². The van der Waals surface area contributed by atoms with Crippen molar-refractivity contribution in [2.45, 2.75) is 72.1 Å². The molecule has 1 rings (SSSR count). The summed E-state index contributed by atoms with van der Waals surface area (Å²) in [5, 5.41) is 15.3. The molecule has 0 spiro atoms. The smallest absolute Gasteiger partial charge is 0.233 e. The van der Waals surface area contributed by atoms with E-state index in [9.17, 15) is 4.79 Å². The van der Waals surface area contributed by atoms with E-state index in [1.807, 2.05) is 13.8 Å². The lowest BCUT2D eigenvalue weighted by molar-refractivity contribution is -0.128. The van der Waals surface area contributed by atoms with Crippen molar-refractivity contribution in [1.29, 1.82) is 0 Å². The molecule has 1 aliphatic rings. The van der Waals surface area contributed by atoms with Crippen molar-refractivity contribution in [1.82, 2.24) is 5.32 Å². The average Bonchev–Trinajstić information content (AvgIpc) is 2.90. The molecule has 1 saturated carbocycles. The number of amidine groups is 1. The summed E-state index contributed by atoms with van der Waals surface area (Å²) in [5.74, 6) is -0.0464. The summed E-state index contributed by atoms with van der Waals surface area (Å²) in [5.41, 5.74) is 5.21. The number of nitrogens with one attached hydrogen (secondary N) is 1. The number of amides is 1. The van der Waals surface area contributed by atoms with Gasteiger partial charge in [-0.05, 0) is 31.1 Å². The minimum Gasteiger partial charge on any atom is -0.409 e. The van der Waals surface area contributed by atoms with Crippen molar-refractivity contribution in [2.75, 3.05) is 6.54 Å². The lowest BCUT2D eigenvalue weighted by Gasteiger charge is -2.33. The standard InChI is InChI=1S/C16H31N3O2/c1-4-8-16(9-5-2,13(17)19-21)14(20)18-12-15(3)10-6-7-11-15/h21H,4-12H2,1-3H3,(H2,17,19)(H,18,20). The molecule has 0 saturated heterocycles. The van der Waals surface area contributed by atoms with E-state index >= 15 is 0 Å². The van der Waals surface area contributed by atoms with Crippen LogP contribution in [0.1, 0.15) is 72.1 Å². The fourth-order valence-electron chi connectivity index (χ4n) is 3.54. The molecule has 1 aliphatic carbocycles. The topological polar surface area (TPSA) is 87.7 Å². The van der Waals surface area contributed by atoms with E-state index < -0.39 is 5.41 Å². The molecular weight excluding hydrogens is 266 g/mol. The Kier molecular flexibility index (Phi) is 6.49. The summed E-state index contributed by atoms with van der Waals surface area (Å²) in [6.07, 6.45) is 7.65. The second-order valence-corrected chi connectivity index (χ2v) is 6.77. The molecule has 0 aliphatic heterocycles. The quantitative estimate of drug-likeness (QED) is 0.278. The van der Waals surface area contributed by atoms with Crippen LogP contribution >= 0.6 is 0 Å². The number of carbonyl (C=O) groups is 1. The van der Waals surface area contributed by atoms with Gasteiger partial charge in [0, 0.05) is 6.54 Å². The Morgan fingerprint density at radius 3 is 2.24 bits per heavy atom. The Labute approximate surface area is 128 Å². The summed E-state index contributed by atoms with van der Waals surface area (Å²) >= 11 is 0. The van der Waals surface area contributed by atoms with E-state index in [4.69, 9.17) is 10.9 Å². The number of carbonyl (C=O) groups excluding carboxylic acids is 1. The van der Waals surface area contributed by atoms with E-state index in [1.54, 1.807) is 0 Å². The van der Waals surface area contributed by atoms with Gasteiger partial charge in [-0.25, -0.2) is 0 Å². The van der Waals surface area contributed by atoms with Gasteiger partial charge < -0.3 is 16.3 Å². The summed E-state index contributed by atoms with van der Waals surface area (Å²) in [6, 6.07) is 0. The summed E-state index contributed by atoms with van der Waals surface area (Å²) in [7, 11) is 0. The van der Waals surface area contributed by atoms with Crippen molar-refractivity contribution in [2.24, 2.45) is 21.7 Å². The zero-order valence-corrected chi connectivity index (χ0v) is 13.7. The second-order valence-electron chi connectivity index (χ2n) is 6.77. The maximum Gasteiger partial charge on any atom is 0.233 e. The largest absolute Gasteiger partial charge is 0.409 e. The van der Waals surface area contributed by atoms with Crippen molar-refractivity contribution in [3.63, 3.8) is 0 Å². The van der Waals surface area contributed by atoms with Crippen LogP contribution in [0.15, 0.2) is 5.16 Å². The number of hydrogen-bond donors (Lipinski definition) is 3. The molecule has 5 nitrogen and oxygen atoms in total.